The summed E-state index contributed by atoms with van der Waals surface area (Å²) in [6.07, 6.45) is 1.59. The largest absolute Gasteiger partial charge is 0.379 e. The third-order valence-corrected chi connectivity index (χ3v) is 5.62. The summed E-state index contributed by atoms with van der Waals surface area (Å²) in [5.41, 5.74) is 2.20. The van der Waals surface area contributed by atoms with Crippen LogP contribution in [0.2, 0.25) is 0 Å². The molecular weight excluding hydrogens is 322 g/mol. The Morgan fingerprint density at radius 3 is 2.79 bits per heavy atom. The zero-order chi connectivity index (χ0) is 16.6. The maximum Gasteiger partial charge on any atom is 0.225 e. The summed E-state index contributed by atoms with van der Waals surface area (Å²) < 4.78 is 5.37. The predicted molar refractivity (Wildman–Crippen MR) is 99.8 cm³/mol. The third kappa shape index (κ3) is 5.77. The van der Waals surface area contributed by atoms with Gasteiger partial charge in [0, 0.05) is 55.8 Å². The highest BCUT2D eigenvalue weighted by molar-refractivity contribution is 7.99. The van der Waals surface area contributed by atoms with Crippen molar-refractivity contribution in [1.29, 1.82) is 0 Å². The lowest BCUT2D eigenvalue weighted by atomic mass is 10.1. The van der Waals surface area contributed by atoms with Crippen molar-refractivity contribution in [3.05, 3.63) is 29.8 Å². The molecule has 0 spiro atoms. The molecule has 0 bridgehead atoms. The molecule has 5 nitrogen and oxygen atoms in total. The molecule has 3 rings (SSSR count). The van der Waals surface area contributed by atoms with Crippen LogP contribution in [0.4, 0.5) is 5.69 Å². The van der Waals surface area contributed by atoms with Crippen molar-refractivity contribution in [3.63, 3.8) is 0 Å². The van der Waals surface area contributed by atoms with E-state index in [1.165, 1.54) is 5.56 Å². The number of nitrogens with one attached hydrogen (secondary N) is 2. The van der Waals surface area contributed by atoms with Gasteiger partial charge in [0.1, 0.15) is 0 Å². The van der Waals surface area contributed by atoms with E-state index >= 15 is 0 Å². The zero-order valence-electron chi connectivity index (χ0n) is 14.1. The second kappa shape index (κ2) is 9.42. The first-order valence-corrected chi connectivity index (χ1v) is 9.95. The lowest BCUT2D eigenvalue weighted by molar-refractivity contribution is -0.116. The van der Waals surface area contributed by atoms with E-state index in [-0.39, 0.29) is 5.91 Å². The molecule has 24 heavy (non-hydrogen) atoms. The van der Waals surface area contributed by atoms with E-state index in [1.807, 2.05) is 23.9 Å². The molecule has 0 saturated carbocycles. The van der Waals surface area contributed by atoms with Crippen LogP contribution in [0, 0.1) is 0 Å². The van der Waals surface area contributed by atoms with E-state index in [1.54, 1.807) is 0 Å². The SMILES string of the molecule is O=C(CC1CSCCN1)Nc1ccc(CCN2CCOCC2)cc1. The second-order valence-corrected chi connectivity index (χ2v) is 7.53. The van der Waals surface area contributed by atoms with E-state index in [0.717, 1.165) is 63.0 Å². The summed E-state index contributed by atoms with van der Waals surface area (Å²) in [6, 6.07) is 8.55. The van der Waals surface area contributed by atoms with Crippen LogP contribution in [0.5, 0.6) is 0 Å². The van der Waals surface area contributed by atoms with Crippen LogP contribution in [-0.2, 0) is 16.0 Å². The number of hydrogen-bond acceptors (Lipinski definition) is 5. The third-order valence-electron chi connectivity index (χ3n) is 4.49. The number of morpholine rings is 1. The highest BCUT2D eigenvalue weighted by Gasteiger charge is 2.16. The summed E-state index contributed by atoms with van der Waals surface area (Å²) in [5.74, 6) is 2.26. The normalized spacial score (nSPS) is 22.2. The van der Waals surface area contributed by atoms with Gasteiger partial charge in [0.2, 0.25) is 5.91 Å². The van der Waals surface area contributed by atoms with E-state index in [4.69, 9.17) is 4.74 Å². The summed E-state index contributed by atoms with van der Waals surface area (Å²) in [4.78, 5) is 14.6. The van der Waals surface area contributed by atoms with E-state index in [0.29, 0.717) is 12.5 Å². The Labute approximate surface area is 148 Å². The Morgan fingerprint density at radius 1 is 1.29 bits per heavy atom. The Balaban J connectivity index is 1.41. The Hall–Kier alpha value is -1.08. The number of nitrogens with zero attached hydrogens (tertiary/aromatic N) is 1. The highest BCUT2D eigenvalue weighted by Crippen LogP contribution is 2.14. The molecule has 1 amide bonds. The number of anilines is 1. The van der Waals surface area contributed by atoms with Crippen molar-refractivity contribution in [1.82, 2.24) is 10.2 Å². The lowest BCUT2D eigenvalue weighted by Crippen LogP contribution is -2.39. The Bertz CT molecular complexity index is 512. The van der Waals surface area contributed by atoms with Gasteiger partial charge in [-0.25, -0.2) is 0 Å². The van der Waals surface area contributed by atoms with Gasteiger partial charge in [-0.1, -0.05) is 12.1 Å². The molecule has 1 atom stereocenters. The first kappa shape index (κ1) is 17.7. The molecule has 6 heteroatoms. The number of thioether (sulfide) groups is 1. The zero-order valence-corrected chi connectivity index (χ0v) is 14.9. The fourth-order valence-electron chi connectivity index (χ4n) is 3.05. The molecule has 1 unspecified atom stereocenters. The van der Waals surface area contributed by atoms with Crippen molar-refractivity contribution in [2.75, 3.05) is 56.2 Å². The molecule has 2 N–H and O–H groups in total. The molecule has 2 saturated heterocycles. The maximum atomic E-state index is 12.1. The van der Waals surface area contributed by atoms with Crippen LogP contribution >= 0.6 is 11.8 Å². The minimum absolute atomic E-state index is 0.0936. The predicted octanol–water partition coefficient (Wildman–Crippen LogP) is 1.59. The fraction of sp³-hybridized carbons (Fsp3) is 0.611. The number of benzene rings is 1. The van der Waals surface area contributed by atoms with Crippen molar-refractivity contribution in [3.8, 4) is 0 Å². The molecule has 0 aliphatic carbocycles. The van der Waals surface area contributed by atoms with Gasteiger partial charge >= 0.3 is 0 Å². The average molecular weight is 350 g/mol. The molecular formula is C18H27N3O2S. The molecule has 132 valence electrons. The number of ether oxygens (including phenoxy) is 1. The number of carbonyl (C=O) groups is 1. The van der Waals surface area contributed by atoms with Gasteiger partial charge in [0.05, 0.1) is 13.2 Å². The van der Waals surface area contributed by atoms with E-state index in [2.05, 4.69) is 27.7 Å². The van der Waals surface area contributed by atoms with Crippen LogP contribution in [0.1, 0.15) is 12.0 Å². The van der Waals surface area contributed by atoms with Crippen molar-refractivity contribution < 1.29 is 9.53 Å². The van der Waals surface area contributed by atoms with E-state index < -0.39 is 0 Å². The van der Waals surface area contributed by atoms with Gasteiger partial charge < -0.3 is 15.4 Å². The lowest BCUT2D eigenvalue weighted by Gasteiger charge is -2.26. The number of amides is 1. The van der Waals surface area contributed by atoms with Gasteiger partial charge in [0.25, 0.3) is 0 Å². The van der Waals surface area contributed by atoms with Crippen molar-refractivity contribution in [2.24, 2.45) is 0 Å². The maximum absolute atomic E-state index is 12.1. The van der Waals surface area contributed by atoms with Crippen molar-refractivity contribution >= 4 is 23.4 Å². The second-order valence-electron chi connectivity index (χ2n) is 6.38. The van der Waals surface area contributed by atoms with Gasteiger partial charge in [-0.3, -0.25) is 9.69 Å². The molecule has 1 aromatic rings. The monoisotopic (exact) mass is 349 g/mol. The van der Waals surface area contributed by atoms with Gasteiger partial charge in [-0.05, 0) is 24.1 Å². The van der Waals surface area contributed by atoms with Gasteiger partial charge in [-0.2, -0.15) is 11.8 Å². The topological polar surface area (TPSA) is 53.6 Å². The first-order chi connectivity index (χ1) is 11.8. The van der Waals surface area contributed by atoms with Gasteiger partial charge in [-0.15, -0.1) is 0 Å². The van der Waals surface area contributed by atoms with Crippen LogP contribution < -0.4 is 10.6 Å². The molecule has 2 aliphatic heterocycles. The van der Waals surface area contributed by atoms with Crippen LogP contribution in [0.15, 0.2) is 24.3 Å². The molecule has 0 radical (unpaired) electrons. The first-order valence-electron chi connectivity index (χ1n) is 8.79. The Kier molecular flexibility index (Phi) is 6.96. The average Bonchev–Trinajstić information content (AvgIpc) is 2.63. The molecule has 2 heterocycles. The summed E-state index contributed by atoms with van der Waals surface area (Å²) in [5, 5.41) is 6.40. The minimum Gasteiger partial charge on any atom is -0.379 e. The van der Waals surface area contributed by atoms with Crippen LogP contribution in [0.25, 0.3) is 0 Å². The number of hydrogen-bond donors (Lipinski definition) is 2. The smallest absolute Gasteiger partial charge is 0.225 e. The summed E-state index contributed by atoms with van der Waals surface area (Å²) in [6.45, 7) is 5.82. The summed E-state index contributed by atoms with van der Waals surface area (Å²) in [7, 11) is 0. The molecule has 2 fully saturated rings. The number of carbonyl (C=O) groups excluding carboxylic acids is 1. The minimum atomic E-state index is 0.0936. The van der Waals surface area contributed by atoms with Crippen molar-refractivity contribution in [2.45, 2.75) is 18.9 Å². The van der Waals surface area contributed by atoms with Gasteiger partial charge in [0.15, 0.2) is 0 Å². The number of rotatable bonds is 6. The summed E-state index contributed by atoms with van der Waals surface area (Å²) >= 11 is 1.92. The molecule has 1 aromatic carbocycles. The van der Waals surface area contributed by atoms with Crippen LogP contribution in [0.3, 0.4) is 0 Å². The molecule has 0 aromatic heterocycles. The quantitative estimate of drug-likeness (QED) is 0.817. The molecule has 2 aliphatic rings. The van der Waals surface area contributed by atoms with Crippen LogP contribution in [-0.4, -0.2) is 67.7 Å². The standard InChI is InChI=1S/C18H27N3O2S/c22-18(13-17-14-24-12-6-19-17)20-16-3-1-15(2-4-16)5-7-21-8-10-23-11-9-21/h1-4,17,19H,5-14H2,(H,20,22). The fourth-order valence-corrected chi connectivity index (χ4v) is 4.00. The Morgan fingerprint density at radius 2 is 2.08 bits per heavy atom. The van der Waals surface area contributed by atoms with E-state index in [9.17, 15) is 4.79 Å². The highest BCUT2D eigenvalue weighted by atomic mass is 32.2.